The molecule has 1 rings (SSSR count). The Bertz CT molecular complexity index is 574. The van der Waals surface area contributed by atoms with Crippen LogP contribution in [0.25, 0.3) is 0 Å². The number of benzene rings is 1. The Morgan fingerprint density at radius 3 is 1.88 bits per heavy atom. The molecular weight excluding hydrogens is 359 g/mol. The molecule has 144 valence electrons. The topological polar surface area (TPSA) is 66.4 Å². The first kappa shape index (κ1) is 25.9. The molecule has 0 aromatic heterocycles. The van der Waals surface area contributed by atoms with Crippen molar-refractivity contribution in [2.45, 2.75) is 84.7 Å². The van der Waals surface area contributed by atoms with Gasteiger partial charge >= 0.3 is 29.6 Å². The SMILES string of the molecule is CCCCCc1cc(CCCCC)cc(OC(C)CCS(=O)(=O)[O-])c1.[Na+]. The first-order valence-corrected chi connectivity index (χ1v) is 11.1. The van der Waals surface area contributed by atoms with Gasteiger partial charge in [-0.25, -0.2) is 8.42 Å². The van der Waals surface area contributed by atoms with Crippen LogP contribution in [0.3, 0.4) is 0 Å². The van der Waals surface area contributed by atoms with Gasteiger partial charge in [-0.05, 0) is 62.3 Å². The molecular formula is C20H33NaO4S. The molecule has 1 aromatic rings. The van der Waals surface area contributed by atoms with Gasteiger partial charge in [0, 0.05) is 5.75 Å². The van der Waals surface area contributed by atoms with E-state index < -0.39 is 10.1 Å². The summed E-state index contributed by atoms with van der Waals surface area (Å²) in [6.45, 7) is 6.20. The summed E-state index contributed by atoms with van der Waals surface area (Å²) in [5, 5.41) is 0. The van der Waals surface area contributed by atoms with E-state index in [2.05, 4.69) is 32.0 Å². The van der Waals surface area contributed by atoms with Crippen molar-refractivity contribution in [3.8, 4) is 5.75 Å². The summed E-state index contributed by atoms with van der Waals surface area (Å²) in [6.07, 6.45) is 9.15. The van der Waals surface area contributed by atoms with Crippen LogP contribution in [0.15, 0.2) is 18.2 Å². The number of unbranched alkanes of at least 4 members (excludes halogenated alkanes) is 4. The van der Waals surface area contributed by atoms with E-state index in [4.69, 9.17) is 4.74 Å². The molecule has 26 heavy (non-hydrogen) atoms. The van der Waals surface area contributed by atoms with Crippen LogP contribution in [-0.2, 0) is 23.0 Å². The molecule has 4 nitrogen and oxygen atoms in total. The molecule has 0 aliphatic carbocycles. The third-order valence-electron chi connectivity index (χ3n) is 4.28. The van der Waals surface area contributed by atoms with Crippen LogP contribution < -0.4 is 34.3 Å². The number of aryl methyl sites for hydroxylation is 2. The molecule has 1 atom stereocenters. The first-order valence-electron chi connectivity index (χ1n) is 9.57. The zero-order chi connectivity index (χ0) is 18.7. The monoisotopic (exact) mass is 392 g/mol. The van der Waals surface area contributed by atoms with Crippen molar-refractivity contribution in [3.63, 3.8) is 0 Å². The Balaban J connectivity index is 0.00000625. The standard InChI is InChI=1S/C20H34O4S.Na/c1-4-6-8-10-18-14-19(11-9-7-5-2)16-20(15-18)24-17(3)12-13-25(21,22)23;/h14-17H,4-13H2,1-3H3,(H,21,22,23);/q;+1/p-1. The van der Waals surface area contributed by atoms with Crippen LogP contribution >= 0.6 is 0 Å². The van der Waals surface area contributed by atoms with E-state index in [1.807, 2.05) is 6.92 Å². The smallest absolute Gasteiger partial charge is 0.748 e. The van der Waals surface area contributed by atoms with Gasteiger partial charge in [0.1, 0.15) is 5.75 Å². The van der Waals surface area contributed by atoms with Gasteiger partial charge in [0.2, 0.25) is 0 Å². The zero-order valence-electron chi connectivity index (χ0n) is 16.9. The van der Waals surface area contributed by atoms with E-state index in [0.717, 1.165) is 18.6 Å². The van der Waals surface area contributed by atoms with Gasteiger partial charge in [0.05, 0.1) is 16.2 Å². The van der Waals surface area contributed by atoms with E-state index in [0.29, 0.717) is 0 Å². The van der Waals surface area contributed by atoms with Gasteiger partial charge in [-0.15, -0.1) is 0 Å². The van der Waals surface area contributed by atoms with Crippen molar-refractivity contribution >= 4 is 10.1 Å². The minimum Gasteiger partial charge on any atom is -0.748 e. The third kappa shape index (κ3) is 12.3. The molecule has 0 amide bonds. The maximum absolute atomic E-state index is 10.8. The average Bonchev–Trinajstić information content (AvgIpc) is 2.53. The van der Waals surface area contributed by atoms with E-state index in [-0.39, 0.29) is 47.8 Å². The number of rotatable bonds is 13. The second-order valence-electron chi connectivity index (χ2n) is 6.88. The van der Waals surface area contributed by atoms with Crippen LogP contribution in [0.4, 0.5) is 0 Å². The Morgan fingerprint density at radius 2 is 1.46 bits per heavy atom. The fourth-order valence-corrected chi connectivity index (χ4v) is 3.47. The van der Waals surface area contributed by atoms with E-state index in [9.17, 15) is 13.0 Å². The van der Waals surface area contributed by atoms with Crippen LogP contribution in [0.5, 0.6) is 5.75 Å². The van der Waals surface area contributed by atoms with Gasteiger partial charge in [-0.2, -0.15) is 0 Å². The predicted molar refractivity (Wildman–Crippen MR) is 102 cm³/mol. The summed E-state index contributed by atoms with van der Waals surface area (Å²) < 4.78 is 38.2. The summed E-state index contributed by atoms with van der Waals surface area (Å²) in [7, 11) is -4.19. The molecule has 0 saturated carbocycles. The number of hydrogen-bond donors (Lipinski definition) is 0. The summed E-state index contributed by atoms with van der Waals surface area (Å²) in [4.78, 5) is 0. The van der Waals surface area contributed by atoms with Crippen molar-refractivity contribution in [2.24, 2.45) is 0 Å². The van der Waals surface area contributed by atoms with Crippen LogP contribution in [-0.4, -0.2) is 24.8 Å². The van der Waals surface area contributed by atoms with Crippen molar-refractivity contribution in [1.82, 2.24) is 0 Å². The van der Waals surface area contributed by atoms with Crippen molar-refractivity contribution in [1.29, 1.82) is 0 Å². The molecule has 0 heterocycles. The van der Waals surface area contributed by atoms with Gasteiger partial charge in [-0.3, -0.25) is 0 Å². The fourth-order valence-electron chi connectivity index (χ4n) is 2.85. The van der Waals surface area contributed by atoms with E-state index >= 15 is 0 Å². The number of hydrogen-bond acceptors (Lipinski definition) is 4. The second kappa shape index (κ2) is 14.0. The summed E-state index contributed by atoms with van der Waals surface area (Å²) in [5.74, 6) is 0.407. The molecule has 0 spiro atoms. The molecule has 0 radical (unpaired) electrons. The van der Waals surface area contributed by atoms with Crippen LogP contribution in [0, 0.1) is 0 Å². The maximum Gasteiger partial charge on any atom is 1.00 e. The maximum atomic E-state index is 10.8. The Labute approximate surface area is 182 Å². The van der Waals surface area contributed by atoms with Gasteiger partial charge < -0.3 is 9.29 Å². The Hall–Kier alpha value is -0.0700. The summed E-state index contributed by atoms with van der Waals surface area (Å²) >= 11 is 0. The molecule has 0 bridgehead atoms. The second-order valence-corrected chi connectivity index (χ2v) is 8.40. The molecule has 0 saturated heterocycles. The van der Waals surface area contributed by atoms with E-state index in [1.165, 1.54) is 49.7 Å². The molecule has 0 N–H and O–H groups in total. The quantitative estimate of drug-likeness (QED) is 0.292. The Kier molecular flexibility index (Phi) is 14.0. The predicted octanol–water partition coefficient (Wildman–Crippen LogP) is 1.86. The normalized spacial score (nSPS) is 12.5. The van der Waals surface area contributed by atoms with Crippen LogP contribution in [0.2, 0.25) is 0 Å². The summed E-state index contributed by atoms with van der Waals surface area (Å²) in [5.41, 5.74) is 2.56. The van der Waals surface area contributed by atoms with Crippen molar-refractivity contribution in [2.75, 3.05) is 5.75 Å². The largest absolute Gasteiger partial charge is 1.00 e. The van der Waals surface area contributed by atoms with Gasteiger partial charge in [0.15, 0.2) is 0 Å². The first-order chi connectivity index (χ1) is 11.8. The fraction of sp³-hybridized carbons (Fsp3) is 0.700. The van der Waals surface area contributed by atoms with Gasteiger partial charge in [0.25, 0.3) is 0 Å². The molecule has 1 unspecified atom stereocenters. The van der Waals surface area contributed by atoms with Gasteiger partial charge in [-0.1, -0.05) is 45.6 Å². The molecule has 6 heteroatoms. The molecule has 1 aromatic carbocycles. The average molecular weight is 393 g/mol. The van der Waals surface area contributed by atoms with E-state index in [1.54, 1.807) is 0 Å². The van der Waals surface area contributed by atoms with Crippen molar-refractivity contribution < 1.29 is 47.3 Å². The third-order valence-corrected chi connectivity index (χ3v) is 5.01. The minimum absolute atomic E-state index is 0. The zero-order valence-corrected chi connectivity index (χ0v) is 19.7. The minimum atomic E-state index is -4.19. The molecule has 0 aliphatic heterocycles. The molecule has 0 aliphatic rings. The van der Waals surface area contributed by atoms with Crippen LogP contribution in [0.1, 0.15) is 76.8 Å². The molecule has 0 fully saturated rings. The summed E-state index contributed by atoms with van der Waals surface area (Å²) in [6, 6.07) is 6.38. The Morgan fingerprint density at radius 1 is 0.962 bits per heavy atom. The van der Waals surface area contributed by atoms with Crippen molar-refractivity contribution in [3.05, 3.63) is 29.3 Å². The number of ether oxygens (including phenoxy) is 1.